The Hall–Kier alpha value is -3.54. The van der Waals surface area contributed by atoms with Crippen LogP contribution in [0.2, 0.25) is 0 Å². The third-order valence-corrected chi connectivity index (χ3v) is 7.47. The summed E-state index contributed by atoms with van der Waals surface area (Å²) in [6, 6.07) is 17.8. The highest BCUT2D eigenvalue weighted by Crippen LogP contribution is 2.54. The molecule has 1 N–H and O–H groups in total. The van der Waals surface area contributed by atoms with Crippen molar-refractivity contribution in [2.45, 2.75) is 32.6 Å². The predicted octanol–water partition coefficient (Wildman–Crippen LogP) is 5.05. The van der Waals surface area contributed by atoms with Crippen LogP contribution in [-0.4, -0.2) is 34.8 Å². The van der Waals surface area contributed by atoms with E-state index in [-0.39, 0.29) is 5.56 Å². The summed E-state index contributed by atoms with van der Waals surface area (Å²) in [5.41, 5.74) is 6.45. The van der Waals surface area contributed by atoms with Crippen molar-refractivity contribution in [3.8, 4) is 28.1 Å². The van der Waals surface area contributed by atoms with E-state index in [9.17, 15) is 4.79 Å². The second-order valence-electron chi connectivity index (χ2n) is 9.45. The number of methoxy groups -OCH3 is 1. The van der Waals surface area contributed by atoms with Gasteiger partial charge in [0, 0.05) is 18.7 Å². The second kappa shape index (κ2) is 7.51. The zero-order chi connectivity index (χ0) is 22.6. The first-order valence-electron chi connectivity index (χ1n) is 11.7. The number of aromatic nitrogens is 3. The third kappa shape index (κ3) is 3.32. The fourth-order valence-electron chi connectivity index (χ4n) is 5.24. The maximum Gasteiger partial charge on any atom is 0.280 e. The van der Waals surface area contributed by atoms with E-state index in [0.717, 1.165) is 47.0 Å². The van der Waals surface area contributed by atoms with Crippen molar-refractivity contribution in [3.05, 3.63) is 70.6 Å². The van der Waals surface area contributed by atoms with E-state index in [1.165, 1.54) is 25.7 Å². The van der Waals surface area contributed by atoms with Crippen LogP contribution >= 0.6 is 0 Å². The van der Waals surface area contributed by atoms with Crippen LogP contribution < -0.4 is 15.2 Å². The van der Waals surface area contributed by atoms with Crippen molar-refractivity contribution >= 4 is 11.3 Å². The minimum atomic E-state index is -0.0817. The molecule has 0 amide bonds. The van der Waals surface area contributed by atoms with E-state index in [0.29, 0.717) is 16.6 Å². The second-order valence-corrected chi connectivity index (χ2v) is 9.45. The fourth-order valence-corrected chi connectivity index (χ4v) is 5.24. The molecule has 0 atom stereocenters. The average Bonchev–Trinajstić information content (AvgIpc) is 3.49. The number of H-pyrrole nitrogens is 1. The third-order valence-electron chi connectivity index (χ3n) is 7.47. The summed E-state index contributed by atoms with van der Waals surface area (Å²) in [5.74, 6) is 0.762. The Bertz CT molecular complexity index is 1370. The molecule has 0 bridgehead atoms. The van der Waals surface area contributed by atoms with Gasteiger partial charge in [-0.25, -0.2) is 4.98 Å². The van der Waals surface area contributed by atoms with Crippen molar-refractivity contribution in [1.29, 1.82) is 0 Å². The summed E-state index contributed by atoms with van der Waals surface area (Å²) in [7, 11) is 1.64. The number of aryl methyl sites for hydroxylation is 1. The molecule has 2 aromatic heterocycles. The van der Waals surface area contributed by atoms with E-state index in [1.54, 1.807) is 11.6 Å². The van der Waals surface area contributed by atoms with E-state index < -0.39 is 0 Å². The molecule has 2 aromatic carbocycles. The van der Waals surface area contributed by atoms with Gasteiger partial charge in [-0.3, -0.25) is 9.89 Å². The van der Waals surface area contributed by atoms with Crippen LogP contribution in [0.5, 0.6) is 5.75 Å². The van der Waals surface area contributed by atoms with Gasteiger partial charge in [0.05, 0.1) is 24.1 Å². The van der Waals surface area contributed by atoms with Gasteiger partial charge in [0.2, 0.25) is 0 Å². The van der Waals surface area contributed by atoms with Crippen molar-refractivity contribution in [3.63, 3.8) is 0 Å². The smallest absolute Gasteiger partial charge is 0.280 e. The largest absolute Gasteiger partial charge is 0.497 e. The predicted molar refractivity (Wildman–Crippen MR) is 131 cm³/mol. The van der Waals surface area contributed by atoms with Gasteiger partial charge in [-0.05, 0) is 55.7 Å². The molecule has 1 saturated heterocycles. The number of ether oxygens (including phenoxy) is 1. The molecule has 2 fully saturated rings. The van der Waals surface area contributed by atoms with Crippen molar-refractivity contribution in [2.24, 2.45) is 5.41 Å². The molecular weight excluding hydrogens is 412 g/mol. The highest BCUT2D eigenvalue weighted by molar-refractivity contribution is 5.87. The van der Waals surface area contributed by atoms with E-state index in [4.69, 9.17) is 9.72 Å². The van der Waals surface area contributed by atoms with Gasteiger partial charge in [0.25, 0.3) is 5.56 Å². The zero-order valence-electron chi connectivity index (χ0n) is 19.1. The van der Waals surface area contributed by atoms with Gasteiger partial charge in [-0.15, -0.1) is 0 Å². The highest BCUT2D eigenvalue weighted by Gasteiger charge is 2.45. The van der Waals surface area contributed by atoms with E-state index in [2.05, 4.69) is 22.1 Å². The summed E-state index contributed by atoms with van der Waals surface area (Å²) < 4.78 is 6.91. The first-order chi connectivity index (χ1) is 16.1. The number of nitrogens with one attached hydrogen (secondary N) is 1. The number of rotatable bonds is 4. The molecule has 1 aliphatic carbocycles. The van der Waals surface area contributed by atoms with Crippen LogP contribution in [0.4, 0.5) is 5.69 Å². The number of benzene rings is 2. The summed E-state index contributed by atoms with van der Waals surface area (Å²) in [5, 5.41) is 3.42. The molecule has 0 radical (unpaired) electrons. The summed E-state index contributed by atoms with van der Waals surface area (Å²) in [4.78, 5) is 21.2. The Balaban J connectivity index is 1.54. The average molecular weight is 441 g/mol. The molecule has 2 aliphatic rings. The van der Waals surface area contributed by atoms with Crippen molar-refractivity contribution in [1.82, 2.24) is 14.6 Å². The lowest BCUT2D eigenvalue weighted by Gasteiger charge is -2.33. The van der Waals surface area contributed by atoms with E-state index >= 15 is 0 Å². The minimum Gasteiger partial charge on any atom is -0.497 e. The zero-order valence-corrected chi connectivity index (χ0v) is 19.1. The Kier molecular flexibility index (Phi) is 4.57. The van der Waals surface area contributed by atoms with Crippen molar-refractivity contribution in [2.75, 3.05) is 25.1 Å². The van der Waals surface area contributed by atoms with Gasteiger partial charge >= 0.3 is 0 Å². The first kappa shape index (κ1) is 20.1. The molecule has 1 spiro atoms. The van der Waals surface area contributed by atoms with E-state index in [1.807, 2.05) is 49.4 Å². The summed E-state index contributed by atoms with van der Waals surface area (Å²) in [6.07, 6.45) is 5.15. The number of fused-ring (bicyclic) bond motifs is 1. The maximum absolute atomic E-state index is 13.7. The normalized spacial score (nSPS) is 17.0. The Labute approximate surface area is 192 Å². The van der Waals surface area contributed by atoms with Crippen LogP contribution in [0.15, 0.2) is 59.4 Å². The molecule has 33 heavy (non-hydrogen) atoms. The SMILES string of the molecule is COc1ccc(-c2c(C)nc3c(N4CCC5(CC4)CC5)c(-c4ccccc4)[nH]n3c2=O)cc1. The van der Waals surface area contributed by atoms with Crippen LogP contribution in [-0.2, 0) is 0 Å². The number of anilines is 1. The fraction of sp³-hybridized carbons (Fsp3) is 0.333. The lowest BCUT2D eigenvalue weighted by molar-refractivity contribution is 0.385. The monoisotopic (exact) mass is 440 g/mol. The van der Waals surface area contributed by atoms with Crippen LogP contribution in [0.25, 0.3) is 28.0 Å². The molecule has 4 aromatic rings. The molecule has 1 saturated carbocycles. The topological polar surface area (TPSA) is 62.6 Å². The molecule has 6 nitrogen and oxygen atoms in total. The van der Waals surface area contributed by atoms with Gasteiger partial charge in [0.1, 0.15) is 11.4 Å². The Morgan fingerprint density at radius 3 is 2.27 bits per heavy atom. The number of nitrogens with zero attached hydrogens (tertiary/aromatic N) is 3. The molecule has 0 unspecified atom stereocenters. The van der Waals surface area contributed by atoms with Crippen LogP contribution in [0, 0.1) is 12.3 Å². The number of piperidine rings is 1. The van der Waals surface area contributed by atoms with Gasteiger partial charge in [-0.1, -0.05) is 42.5 Å². The molecular formula is C27H28N4O2. The Morgan fingerprint density at radius 2 is 1.64 bits per heavy atom. The number of hydrogen-bond donors (Lipinski definition) is 1. The number of aromatic amines is 1. The number of hydrogen-bond acceptors (Lipinski definition) is 4. The lowest BCUT2D eigenvalue weighted by atomic mass is 9.93. The van der Waals surface area contributed by atoms with Gasteiger partial charge < -0.3 is 9.64 Å². The minimum absolute atomic E-state index is 0.0817. The molecule has 168 valence electrons. The highest BCUT2D eigenvalue weighted by atomic mass is 16.5. The first-order valence-corrected chi connectivity index (χ1v) is 11.7. The summed E-state index contributed by atoms with van der Waals surface area (Å²) >= 11 is 0. The van der Waals surface area contributed by atoms with Gasteiger partial charge in [0.15, 0.2) is 5.65 Å². The molecule has 1 aliphatic heterocycles. The van der Waals surface area contributed by atoms with Crippen LogP contribution in [0.3, 0.4) is 0 Å². The summed E-state index contributed by atoms with van der Waals surface area (Å²) in [6.45, 7) is 3.93. The van der Waals surface area contributed by atoms with Crippen LogP contribution in [0.1, 0.15) is 31.4 Å². The Morgan fingerprint density at radius 1 is 0.939 bits per heavy atom. The molecule has 3 heterocycles. The van der Waals surface area contributed by atoms with Gasteiger partial charge in [-0.2, -0.15) is 4.52 Å². The lowest BCUT2D eigenvalue weighted by Crippen LogP contribution is -2.34. The molecule has 6 heteroatoms. The molecule has 6 rings (SSSR count). The standard InChI is InChI=1S/C27H28N4O2/c1-18-22(19-8-10-21(33-2)11-9-19)26(32)31-25(28-18)24(23(29-31)20-6-4-3-5-7-20)30-16-14-27(12-13-27)15-17-30/h3-11,29H,12-17H2,1-2H3. The maximum atomic E-state index is 13.7. The van der Waals surface area contributed by atoms with Crippen molar-refractivity contribution < 1.29 is 4.74 Å². The quantitative estimate of drug-likeness (QED) is 0.482.